The predicted octanol–water partition coefficient (Wildman–Crippen LogP) is 2.74. The van der Waals surface area contributed by atoms with E-state index in [0.29, 0.717) is 23.5 Å². The minimum absolute atomic E-state index is 0.400. The molecular weight excluding hydrogens is 306 g/mol. The van der Waals surface area contributed by atoms with Gasteiger partial charge in [-0.2, -0.15) is 0 Å². The number of nitrogen functional groups attached to an aromatic ring is 1. The lowest BCUT2D eigenvalue weighted by molar-refractivity contribution is 0.100. The number of anilines is 2. The zero-order valence-electron chi connectivity index (χ0n) is 10.2. The Labute approximate surface area is 119 Å². The van der Waals surface area contributed by atoms with Crippen LogP contribution in [0.1, 0.15) is 15.9 Å². The normalized spacial score (nSPS) is 10.2. The average molecular weight is 320 g/mol. The molecule has 0 spiro atoms. The lowest BCUT2D eigenvalue weighted by Gasteiger charge is -2.12. The summed E-state index contributed by atoms with van der Waals surface area (Å²) in [7, 11) is 0. The quantitative estimate of drug-likeness (QED) is 0.758. The van der Waals surface area contributed by atoms with Crippen LogP contribution in [0.4, 0.5) is 11.4 Å². The van der Waals surface area contributed by atoms with Gasteiger partial charge in [0.2, 0.25) is 0 Å². The van der Waals surface area contributed by atoms with Gasteiger partial charge >= 0.3 is 0 Å². The topological polar surface area (TPSA) is 81.1 Å². The number of primary amides is 1. The van der Waals surface area contributed by atoms with Gasteiger partial charge in [0, 0.05) is 11.0 Å². The first-order valence-electron chi connectivity index (χ1n) is 5.74. The summed E-state index contributed by atoms with van der Waals surface area (Å²) >= 11 is 3.38. The van der Waals surface area contributed by atoms with Gasteiger partial charge in [-0.25, -0.2) is 0 Å². The molecule has 0 unspecified atom stereocenters. The van der Waals surface area contributed by atoms with Crippen LogP contribution in [0.3, 0.4) is 0 Å². The van der Waals surface area contributed by atoms with Crippen LogP contribution in [-0.2, 0) is 6.54 Å². The first-order chi connectivity index (χ1) is 9.08. The minimum atomic E-state index is -0.495. The molecule has 0 atom stereocenters. The number of carbonyl (C=O) groups is 1. The number of para-hydroxylation sites is 1. The Hall–Kier alpha value is -2.01. The smallest absolute Gasteiger partial charge is 0.250 e. The molecule has 2 aromatic rings. The molecule has 0 saturated carbocycles. The van der Waals surface area contributed by atoms with Crippen molar-refractivity contribution in [3.05, 3.63) is 58.1 Å². The van der Waals surface area contributed by atoms with E-state index >= 15 is 0 Å². The van der Waals surface area contributed by atoms with Crippen molar-refractivity contribution in [2.24, 2.45) is 5.73 Å². The number of carbonyl (C=O) groups excluding carboxylic acids is 1. The van der Waals surface area contributed by atoms with E-state index in [1.165, 1.54) is 0 Å². The van der Waals surface area contributed by atoms with Crippen molar-refractivity contribution in [3.8, 4) is 0 Å². The van der Waals surface area contributed by atoms with E-state index in [1.54, 1.807) is 18.2 Å². The summed E-state index contributed by atoms with van der Waals surface area (Å²) in [4.78, 5) is 11.4. The highest BCUT2D eigenvalue weighted by atomic mass is 79.9. The highest BCUT2D eigenvalue weighted by Gasteiger charge is 2.10. The van der Waals surface area contributed by atoms with Crippen LogP contribution < -0.4 is 16.8 Å². The molecule has 2 aromatic carbocycles. The van der Waals surface area contributed by atoms with Gasteiger partial charge in [-0.15, -0.1) is 0 Å². The van der Waals surface area contributed by atoms with E-state index in [-0.39, 0.29) is 0 Å². The summed E-state index contributed by atoms with van der Waals surface area (Å²) in [6, 6.07) is 13.0. The molecule has 19 heavy (non-hydrogen) atoms. The van der Waals surface area contributed by atoms with E-state index in [9.17, 15) is 4.79 Å². The lowest BCUT2D eigenvalue weighted by atomic mass is 10.1. The Kier molecular flexibility index (Phi) is 4.06. The van der Waals surface area contributed by atoms with Crippen LogP contribution in [0.15, 0.2) is 46.9 Å². The molecule has 5 heteroatoms. The maximum absolute atomic E-state index is 11.4. The Morgan fingerprint density at radius 3 is 2.47 bits per heavy atom. The highest BCUT2D eigenvalue weighted by molar-refractivity contribution is 9.10. The van der Waals surface area contributed by atoms with Crippen LogP contribution in [0, 0.1) is 0 Å². The largest absolute Gasteiger partial charge is 0.397 e. The zero-order valence-corrected chi connectivity index (χ0v) is 11.8. The standard InChI is InChI=1S/C14H14BrN3O/c15-10-6-4-9(5-7-10)8-18-13-11(14(17)19)2-1-3-12(13)16/h1-7,18H,8,16H2,(H2,17,19). The maximum Gasteiger partial charge on any atom is 0.250 e. The molecule has 2 rings (SSSR count). The van der Waals surface area contributed by atoms with Crippen molar-refractivity contribution in [2.45, 2.75) is 6.54 Å². The van der Waals surface area contributed by atoms with Gasteiger partial charge < -0.3 is 16.8 Å². The second-order valence-electron chi connectivity index (χ2n) is 4.11. The van der Waals surface area contributed by atoms with Crippen LogP contribution >= 0.6 is 15.9 Å². The number of rotatable bonds is 4. The molecule has 0 fully saturated rings. The van der Waals surface area contributed by atoms with Crippen LogP contribution in [-0.4, -0.2) is 5.91 Å². The first-order valence-corrected chi connectivity index (χ1v) is 6.54. The lowest BCUT2D eigenvalue weighted by Crippen LogP contribution is -2.15. The minimum Gasteiger partial charge on any atom is -0.397 e. The number of benzene rings is 2. The van der Waals surface area contributed by atoms with Crippen molar-refractivity contribution >= 4 is 33.2 Å². The summed E-state index contributed by atoms with van der Waals surface area (Å²) in [6.07, 6.45) is 0. The number of hydrogen-bond acceptors (Lipinski definition) is 3. The SMILES string of the molecule is NC(=O)c1cccc(N)c1NCc1ccc(Br)cc1. The monoisotopic (exact) mass is 319 g/mol. The highest BCUT2D eigenvalue weighted by Crippen LogP contribution is 2.24. The third-order valence-electron chi connectivity index (χ3n) is 2.74. The van der Waals surface area contributed by atoms with Gasteiger partial charge in [0.25, 0.3) is 5.91 Å². The van der Waals surface area contributed by atoms with Gasteiger partial charge in [-0.1, -0.05) is 34.1 Å². The van der Waals surface area contributed by atoms with Gasteiger partial charge in [0.05, 0.1) is 16.9 Å². The molecule has 0 radical (unpaired) electrons. The summed E-state index contributed by atoms with van der Waals surface area (Å²) < 4.78 is 1.02. The molecule has 4 nitrogen and oxygen atoms in total. The molecular formula is C14H14BrN3O. The third-order valence-corrected chi connectivity index (χ3v) is 3.27. The number of halogens is 1. The molecule has 0 aromatic heterocycles. The van der Waals surface area contributed by atoms with Gasteiger partial charge in [-0.05, 0) is 29.8 Å². The molecule has 5 N–H and O–H groups in total. The Bertz CT molecular complexity index is 596. The van der Waals surface area contributed by atoms with E-state index in [1.807, 2.05) is 24.3 Å². The molecule has 0 bridgehead atoms. The van der Waals surface area contributed by atoms with Crippen molar-refractivity contribution < 1.29 is 4.79 Å². The zero-order chi connectivity index (χ0) is 13.8. The van der Waals surface area contributed by atoms with E-state index in [4.69, 9.17) is 11.5 Å². The molecule has 98 valence electrons. The second kappa shape index (κ2) is 5.75. The van der Waals surface area contributed by atoms with E-state index in [2.05, 4.69) is 21.2 Å². The Balaban J connectivity index is 2.19. The van der Waals surface area contributed by atoms with Crippen molar-refractivity contribution in [1.82, 2.24) is 0 Å². The number of hydrogen-bond donors (Lipinski definition) is 3. The van der Waals surface area contributed by atoms with E-state index in [0.717, 1.165) is 10.0 Å². The van der Waals surface area contributed by atoms with Crippen molar-refractivity contribution in [3.63, 3.8) is 0 Å². The molecule has 0 heterocycles. The maximum atomic E-state index is 11.4. The third kappa shape index (κ3) is 3.26. The van der Waals surface area contributed by atoms with Crippen LogP contribution in [0.2, 0.25) is 0 Å². The average Bonchev–Trinajstić information content (AvgIpc) is 2.39. The van der Waals surface area contributed by atoms with Gasteiger partial charge in [-0.3, -0.25) is 4.79 Å². The molecule has 0 aliphatic heterocycles. The van der Waals surface area contributed by atoms with Gasteiger partial charge in [0.15, 0.2) is 0 Å². The first kappa shape index (κ1) is 13.4. The van der Waals surface area contributed by atoms with Crippen LogP contribution in [0.5, 0.6) is 0 Å². The summed E-state index contributed by atoms with van der Waals surface area (Å²) in [5, 5.41) is 3.16. The number of nitrogens with one attached hydrogen (secondary N) is 1. The number of nitrogens with two attached hydrogens (primary N) is 2. The predicted molar refractivity (Wildman–Crippen MR) is 80.8 cm³/mol. The fourth-order valence-electron chi connectivity index (χ4n) is 1.77. The molecule has 0 aliphatic rings. The van der Waals surface area contributed by atoms with Crippen molar-refractivity contribution in [2.75, 3.05) is 11.1 Å². The Morgan fingerprint density at radius 2 is 1.84 bits per heavy atom. The Morgan fingerprint density at radius 1 is 1.16 bits per heavy atom. The van der Waals surface area contributed by atoms with Crippen molar-refractivity contribution in [1.29, 1.82) is 0 Å². The van der Waals surface area contributed by atoms with Crippen LogP contribution in [0.25, 0.3) is 0 Å². The summed E-state index contributed by atoms with van der Waals surface area (Å²) in [5.41, 5.74) is 13.8. The summed E-state index contributed by atoms with van der Waals surface area (Å²) in [6.45, 7) is 0.571. The number of amides is 1. The summed E-state index contributed by atoms with van der Waals surface area (Å²) in [5.74, 6) is -0.495. The fourth-order valence-corrected chi connectivity index (χ4v) is 2.03. The van der Waals surface area contributed by atoms with E-state index < -0.39 is 5.91 Å². The van der Waals surface area contributed by atoms with Gasteiger partial charge in [0.1, 0.15) is 0 Å². The fraction of sp³-hybridized carbons (Fsp3) is 0.0714. The molecule has 0 saturated heterocycles. The molecule has 1 amide bonds. The molecule has 0 aliphatic carbocycles. The second-order valence-corrected chi connectivity index (χ2v) is 5.03.